The van der Waals surface area contributed by atoms with E-state index < -0.39 is 0 Å². The molecule has 0 aliphatic carbocycles. The van der Waals surface area contributed by atoms with Crippen molar-refractivity contribution < 1.29 is 0 Å². The van der Waals surface area contributed by atoms with Gasteiger partial charge in [-0.3, -0.25) is 0 Å². The molecule has 0 unspecified atom stereocenters. The molecule has 2 aromatic rings. The molecular weight excluding hydrogens is 211 g/mol. The Bertz CT molecular complexity index is 505. The molecule has 0 fully saturated rings. The molecular formula is C15H13P. The third-order valence-electron chi connectivity index (χ3n) is 3.04. The van der Waals surface area contributed by atoms with E-state index in [1.165, 1.54) is 21.7 Å². The first kappa shape index (κ1) is 9.81. The lowest BCUT2D eigenvalue weighted by Crippen LogP contribution is -2.13. The van der Waals surface area contributed by atoms with Gasteiger partial charge in [0.1, 0.15) is 0 Å². The van der Waals surface area contributed by atoms with E-state index in [0.717, 1.165) is 0 Å². The highest BCUT2D eigenvalue weighted by atomic mass is 31.1. The molecule has 1 heteroatoms. The predicted molar refractivity (Wildman–Crippen MR) is 73.9 cm³/mol. The highest BCUT2D eigenvalue weighted by molar-refractivity contribution is 7.72. The molecule has 0 aromatic heterocycles. The predicted octanol–water partition coefficient (Wildman–Crippen LogP) is 3.23. The van der Waals surface area contributed by atoms with Crippen LogP contribution in [0.1, 0.15) is 11.1 Å². The molecule has 0 N–H and O–H groups in total. The van der Waals surface area contributed by atoms with Gasteiger partial charge in [-0.1, -0.05) is 60.7 Å². The summed E-state index contributed by atoms with van der Waals surface area (Å²) in [6.45, 7) is 2.35. The Morgan fingerprint density at radius 3 is 1.62 bits per heavy atom. The van der Waals surface area contributed by atoms with Gasteiger partial charge in [-0.15, -0.1) is 0 Å². The van der Waals surface area contributed by atoms with Gasteiger partial charge >= 0.3 is 0 Å². The summed E-state index contributed by atoms with van der Waals surface area (Å²) < 4.78 is 0. The minimum Gasteiger partial charge on any atom is -0.0616 e. The normalized spacial score (nSPS) is 14.1. The van der Waals surface area contributed by atoms with Crippen molar-refractivity contribution in [1.29, 1.82) is 0 Å². The van der Waals surface area contributed by atoms with Gasteiger partial charge in [0.25, 0.3) is 0 Å². The summed E-state index contributed by atoms with van der Waals surface area (Å²) in [5, 5.41) is 2.97. The number of hydrogen-bond acceptors (Lipinski definition) is 0. The maximum Gasteiger partial charge on any atom is -0.0126 e. The van der Waals surface area contributed by atoms with Crippen LogP contribution < -0.4 is 10.6 Å². The molecule has 2 aromatic carbocycles. The molecule has 16 heavy (non-hydrogen) atoms. The summed E-state index contributed by atoms with van der Waals surface area (Å²) in [5.41, 5.74) is 2.74. The fourth-order valence-corrected chi connectivity index (χ4v) is 4.13. The third kappa shape index (κ3) is 1.50. The zero-order valence-electron chi connectivity index (χ0n) is 9.22. The average Bonchev–Trinajstić information content (AvgIpc) is 2.49. The Hall–Kier alpha value is -1.39. The molecule has 0 spiro atoms. The Morgan fingerprint density at radius 1 is 0.688 bits per heavy atom. The van der Waals surface area contributed by atoms with Crippen LogP contribution in [-0.4, -0.2) is 6.66 Å². The van der Waals surface area contributed by atoms with E-state index >= 15 is 0 Å². The van der Waals surface area contributed by atoms with Crippen LogP contribution in [0.4, 0.5) is 0 Å². The van der Waals surface area contributed by atoms with E-state index in [0.29, 0.717) is 0 Å². The zero-order chi connectivity index (χ0) is 11.0. The zero-order valence-corrected chi connectivity index (χ0v) is 10.1. The topological polar surface area (TPSA) is 0 Å². The maximum atomic E-state index is 2.35. The van der Waals surface area contributed by atoms with Gasteiger partial charge < -0.3 is 0 Å². The summed E-state index contributed by atoms with van der Waals surface area (Å²) >= 11 is 0. The van der Waals surface area contributed by atoms with Crippen LogP contribution in [0.5, 0.6) is 0 Å². The van der Waals surface area contributed by atoms with Gasteiger partial charge in [0.05, 0.1) is 0 Å². The molecule has 0 saturated heterocycles. The Morgan fingerprint density at radius 2 is 1.12 bits per heavy atom. The highest BCUT2D eigenvalue weighted by Gasteiger charge is 2.15. The number of benzene rings is 2. The molecule has 0 radical (unpaired) electrons. The van der Waals surface area contributed by atoms with Crippen molar-refractivity contribution in [2.75, 3.05) is 6.66 Å². The number of fused-ring (bicyclic) bond motifs is 2. The van der Waals surface area contributed by atoms with Crippen molar-refractivity contribution in [2.24, 2.45) is 0 Å². The van der Waals surface area contributed by atoms with Crippen LogP contribution >= 0.6 is 7.92 Å². The van der Waals surface area contributed by atoms with E-state index in [9.17, 15) is 0 Å². The summed E-state index contributed by atoms with van der Waals surface area (Å²) in [4.78, 5) is 0. The van der Waals surface area contributed by atoms with Crippen molar-refractivity contribution in [3.05, 3.63) is 59.7 Å². The summed E-state index contributed by atoms with van der Waals surface area (Å²) in [6, 6.07) is 17.4. The third-order valence-corrected chi connectivity index (χ3v) is 5.30. The minimum atomic E-state index is -0.212. The van der Waals surface area contributed by atoms with Crippen LogP contribution in [0.2, 0.25) is 0 Å². The Balaban J connectivity index is 2.26. The summed E-state index contributed by atoms with van der Waals surface area (Å²) in [7, 11) is -0.212. The van der Waals surface area contributed by atoms with Gasteiger partial charge in [0.15, 0.2) is 0 Å². The molecule has 0 nitrogen and oxygen atoms in total. The van der Waals surface area contributed by atoms with Crippen molar-refractivity contribution in [3.8, 4) is 0 Å². The fourth-order valence-electron chi connectivity index (χ4n) is 2.18. The molecule has 0 atom stereocenters. The van der Waals surface area contributed by atoms with E-state index in [1.54, 1.807) is 0 Å². The maximum absolute atomic E-state index is 2.35. The number of hydrogen-bond donors (Lipinski definition) is 0. The van der Waals surface area contributed by atoms with Crippen LogP contribution in [0.25, 0.3) is 12.2 Å². The van der Waals surface area contributed by atoms with Crippen molar-refractivity contribution in [1.82, 2.24) is 0 Å². The monoisotopic (exact) mass is 224 g/mol. The lowest BCUT2D eigenvalue weighted by Gasteiger charge is -2.15. The van der Waals surface area contributed by atoms with E-state index in [4.69, 9.17) is 0 Å². The standard InChI is InChI=1S/C15H13P/c1-16-14-8-4-2-6-12(14)10-11-13-7-3-5-9-15(13)16/h2-11H,1H3. The van der Waals surface area contributed by atoms with Gasteiger partial charge in [0, 0.05) is 0 Å². The molecule has 0 bridgehead atoms. The minimum absolute atomic E-state index is 0.212. The Labute approximate surface area is 97.4 Å². The van der Waals surface area contributed by atoms with Crippen molar-refractivity contribution in [3.63, 3.8) is 0 Å². The SMILES string of the molecule is CP1c2ccccc2C=Cc2ccccc21. The fraction of sp³-hybridized carbons (Fsp3) is 0.0667. The van der Waals surface area contributed by atoms with E-state index in [2.05, 4.69) is 67.3 Å². The van der Waals surface area contributed by atoms with Gasteiger partial charge in [-0.25, -0.2) is 0 Å². The lowest BCUT2D eigenvalue weighted by molar-refractivity contribution is 1.72. The molecule has 0 amide bonds. The van der Waals surface area contributed by atoms with Crippen LogP contribution in [0.3, 0.4) is 0 Å². The summed E-state index contributed by atoms with van der Waals surface area (Å²) in [6.07, 6.45) is 4.47. The largest absolute Gasteiger partial charge is 0.0616 e. The van der Waals surface area contributed by atoms with Crippen molar-refractivity contribution >= 4 is 30.7 Å². The van der Waals surface area contributed by atoms with Crippen LogP contribution in [-0.2, 0) is 0 Å². The summed E-state index contributed by atoms with van der Waals surface area (Å²) in [5.74, 6) is 0. The Kier molecular flexibility index (Phi) is 2.38. The molecule has 1 aliphatic rings. The molecule has 3 rings (SSSR count). The molecule has 0 saturated carbocycles. The van der Waals surface area contributed by atoms with Gasteiger partial charge in [-0.05, 0) is 36.3 Å². The van der Waals surface area contributed by atoms with Crippen LogP contribution in [0, 0.1) is 0 Å². The van der Waals surface area contributed by atoms with E-state index in [-0.39, 0.29) is 7.92 Å². The second-order valence-electron chi connectivity index (χ2n) is 4.01. The average molecular weight is 224 g/mol. The first-order valence-corrected chi connectivity index (χ1v) is 7.25. The van der Waals surface area contributed by atoms with E-state index in [1.807, 2.05) is 0 Å². The molecule has 1 aliphatic heterocycles. The molecule has 1 heterocycles. The smallest absolute Gasteiger partial charge is 0.0126 e. The molecule has 78 valence electrons. The lowest BCUT2D eigenvalue weighted by atomic mass is 10.1. The van der Waals surface area contributed by atoms with Gasteiger partial charge in [0.2, 0.25) is 0 Å². The second-order valence-corrected chi connectivity index (χ2v) is 6.09. The second kappa shape index (κ2) is 3.88. The van der Waals surface area contributed by atoms with Crippen molar-refractivity contribution in [2.45, 2.75) is 0 Å². The quantitative estimate of drug-likeness (QED) is 0.603. The first-order chi connectivity index (χ1) is 7.86. The van der Waals surface area contributed by atoms with Crippen LogP contribution in [0.15, 0.2) is 48.5 Å². The number of rotatable bonds is 0. The first-order valence-electron chi connectivity index (χ1n) is 5.46. The highest BCUT2D eigenvalue weighted by Crippen LogP contribution is 2.34. The van der Waals surface area contributed by atoms with Gasteiger partial charge in [-0.2, -0.15) is 0 Å².